The van der Waals surface area contributed by atoms with E-state index in [0.717, 1.165) is 18.5 Å². The number of carboxylic acids is 1. The second-order valence-corrected chi connectivity index (χ2v) is 5.97. The highest BCUT2D eigenvalue weighted by molar-refractivity contribution is 5.82. The van der Waals surface area contributed by atoms with Crippen LogP contribution in [0.5, 0.6) is 0 Å². The Kier molecular flexibility index (Phi) is 3.27. The van der Waals surface area contributed by atoms with Gasteiger partial charge in [-0.1, -0.05) is 19.8 Å². The third-order valence-corrected chi connectivity index (χ3v) is 4.15. The van der Waals surface area contributed by atoms with Crippen molar-refractivity contribution in [2.24, 2.45) is 5.92 Å². The number of carboxylic acid groups (broad SMARTS) is 1. The van der Waals surface area contributed by atoms with Gasteiger partial charge in [0.15, 0.2) is 0 Å². The summed E-state index contributed by atoms with van der Waals surface area (Å²) in [6.45, 7) is 3.96. The van der Waals surface area contributed by atoms with Crippen molar-refractivity contribution in [2.45, 2.75) is 45.1 Å². The first kappa shape index (κ1) is 13.8. The van der Waals surface area contributed by atoms with Gasteiger partial charge in [-0.25, -0.2) is 9.78 Å². The SMILES string of the molecule is Cc1cc(NC2(C(=O)O)CCCC(C)C2)n2ncnc2n1. The summed E-state index contributed by atoms with van der Waals surface area (Å²) in [4.78, 5) is 20.2. The predicted octanol–water partition coefficient (Wildman–Crippen LogP) is 1.88. The number of fused-ring (bicyclic) bond motifs is 1. The summed E-state index contributed by atoms with van der Waals surface area (Å²) in [6.07, 6.45) is 4.63. The first-order chi connectivity index (χ1) is 10.00. The Hall–Kier alpha value is -2.18. The molecule has 3 rings (SSSR count). The van der Waals surface area contributed by atoms with E-state index in [1.165, 1.54) is 6.33 Å². The number of aromatic nitrogens is 4. The molecule has 2 heterocycles. The van der Waals surface area contributed by atoms with Gasteiger partial charge in [-0.05, 0) is 25.7 Å². The first-order valence-corrected chi connectivity index (χ1v) is 7.19. The Morgan fingerprint density at radius 3 is 3.10 bits per heavy atom. The van der Waals surface area contributed by atoms with E-state index >= 15 is 0 Å². The zero-order valence-electron chi connectivity index (χ0n) is 12.2. The summed E-state index contributed by atoms with van der Waals surface area (Å²) in [5, 5.41) is 17.1. The minimum absolute atomic E-state index is 0.386. The molecule has 0 spiro atoms. The van der Waals surface area contributed by atoms with Crippen LogP contribution in [0.25, 0.3) is 5.78 Å². The maximum absolute atomic E-state index is 11.9. The summed E-state index contributed by atoms with van der Waals surface area (Å²) in [7, 11) is 0. The highest BCUT2D eigenvalue weighted by Gasteiger charge is 2.42. The van der Waals surface area contributed by atoms with Gasteiger partial charge < -0.3 is 10.4 Å². The fourth-order valence-electron chi connectivity index (χ4n) is 3.18. The number of carbonyl (C=O) groups is 1. The van der Waals surface area contributed by atoms with Gasteiger partial charge in [0.1, 0.15) is 17.7 Å². The third-order valence-electron chi connectivity index (χ3n) is 4.15. The third kappa shape index (κ3) is 2.43. The van der Waals surface area contributed by atoms with Crippen molar-refractivity contribution in [1.82, 2.24) is 19.6 Å². The number of anilines is 1. The van der Waals surface area contributed by atoms with E-state index in [-0.39, 0.29) is 0 Å². The second-order valence-electron chi connectivity index (χ2n) is 5.97. The van der Waals surface area contributed by atoms with Crippen LogP contribution in [-0.4, -0.2) is 36.2 Å². The standard InChI is InChI=1S/C14H19N5O2/c1-9-4-3-5-14(7-9,12(20)21)18-11-6-10(2)17-13-15-8-16-19(11)13/h6,8-9,18H,3-5,7H2,1-2H3,(H,20,21). The number of aryl methyl sites for hydroxylation is 1. The molecule has 1 saturated carbocycles. The molecule has 7 heteroatoms. The van der Waals surface area contributed by atoms with Gasteiger partial charge in [-0.15, -0.1) is 0 Å². The molecule has 1 aliphatic carbocycles. The number of aliphatic carboxylic acids is 1. The molecule has 2 N–H and O–H groups in total. The van der Waals surface area contributed by atoms with Crippen LogP contribution in [0.15, 0.2) is 12.4 Å². The first-order valence-electron chi connectivity index (χ1n) is 7.19. The Balaban J connectivity index is 2.02. The normalized spacial score (nSPS) is 25.9. The minimum atomic E-state index is -0.940. The number of hydrogen-bond acceptors (Lipinski definition) is 5. The molecular weight excluding hydrogens is 270 g/mol. The van der Waals surface area contributed by atoms with E-state index in [4.69, 9.17) is 0 Å². The van der Waals surface area contributed by atoms with Gasteiger partial charge in [0.25, 0.3) is 5.78 Å². The highest BCUT2D eigenvalue weighted by atomic mass is 16.4. The molecule has 0 amide bonds. The number of nitrogens with zero attached hydrogens (tertiary/aromatic N) is 4. The van der Waals surface area contributed by atoms with Crippen molar-refractivity contribution in [1.29, 1.82) is 0 Å². The van der Waals surface area contributed by atoms with E-state index in [9.17, 15) is 9.90 Å². The maximum atomic E-state index is 11.9. The number of rotatable bonds is 3. The summed E-state index contributed by atoms with van der Waals surface area (Å²) in [5.74, 6) is 0.682. The summed E-state index contributed by atoms with van der Waals surface area (Å²) in [5.41, 5.74) is -0.160. The molecule has 7 nitrogen and oxygen atoms in total. The van der Waals surface area contributed by atoms with E-state index in [2.05, 4.69) is 27.3 Å². The van der Waals surface area contributed by atoms with Crippen LogP contribution in [0, 0.1) is 12.8 Å². The van der Waals surface area contributed by atoms with Crippen LogP contribution in [0.2, 0.25) is 0 Å². The van der Waals surface area contributed by atoms with Crippen molar-refractivity contribution < 1.29 is 9.90 Å². The lowest BCUT2D eigenvalue weighted by atomic mass is 9.76. The van der Waals surface area contributed by atoms with Gasteiger partial charge in [-0.2, -0.15) is 14.6 Å². The zero-order chi connectivity index (χ0) is 15.0. The van der Waals surface area contributed by atoms with Gasteiger partial charge in [0.05, 0.1) is 0 Å². The molecule has 21 heavy (non-hydrogen) atoms. The Morgan fingerprint density at radius 2 is 2.38 bits per heavy atom. The topological polar surface area (TPSA) is 92.4 Å². The molecule has 1 aliphatic rings. The molecule has 0 radical (unpaired) electrons. The zero-order valence-corrected chi connectivity index (χ0v) is 12.2. The minimum Gasteiger partial charge on any atom is -0.480 e. The molecule has 2 atom stereocenters. The highest BCUT2D eigenvalue weighted by Crippen LogP contribution is 2.35. The molecule has 1 fully saturated rings. The monoisotopic (exact) mass is 289 g/mol. The van der Waals surface area contributed by atoms with Crippen LogP contribution >= 0.6 is 0 Å². The van der Waals surface area contributed by atoms with Crippen molar-refractivity contribution in [3.8, 4) is 0 Å². The lowest BCUT2D eigenvalue weighted by Gasteiger charge is -2.37. The van der Waals surface area contributed by atoms with Gasteiger partial charge >= 0.3 is 5.97 Å². The Bertz CT molecular complexity index is 683. The van der Waals surface area contributed by atoms with E-state index in [1.54, 1.807) is 4.52 Å². The molecule has 2 unspecified atom stereocenters. The van der Waals surface area contributed by atoms with Crippen molar-refractivity contribution >= 4 is 17.6 Å². The van der Waals surface area contributed by atoms with E-state index < -0.39 is 11.5 Å². The van der Waals surface area contributed by atoms with Gasteiger partial charge in [0, 0.05) is 11.8 Å². The summed E-state index contributed by atoms with van der Waals surface area (Å²) >= 11 is 0. The smallest absolute Gasteiger partial charge is 0.329 e. The predicted molar refractivity (Wildman–Crippen MR) is 77.1 cm³/mol. The molecule has 0 aliphatic heterocycles. The van der Waals surface area contributed by atoms with E-state index in [1.807, 2.05) is 13.0 Å². The van der Waals surface area contributed by atoms with Crippen LogP contribution in [0.3, 0.4) is 0 Å². The molecule has 2 aromatic rings. The van der Waals surface area contributed by atoms with Crippen LogP contribution in [0.4, 0.5) is 5.82 Å². The molecule has 2 aromatic heterocycles. The number of nitrogens with one attached hydrogen (secondary N) is 1. The fourth-order valence-corrected chi connectivity index (χ4v) is 3.18. The van der Waals surface area contributed by atoms with Crippen LogP contribution in [0.1, 0.15) is 38.3 Å². The van der Waals surface area contributed by atoms with Crippen molar-refractivity contribution in [3.63, 3.8) is 0 Å². The largest absolute Gasteiger partial charge is 0.480 e. The lowest BCUT2D eigenvalue weighted by molar-refractivity contribution is -0.144. The van der Waals surface area contributed by atoms with E-state index in [0.29, 0.717) is 30.4 Å². The van der Waals surface area contributed by atoms with Gasteiger partial charge in [0.2, 0.25) is 0 Å². The average Bonchev–Trinajstić information content (AvgIpc) is 2.86. The second kappa shape index (κ2) is 4.98. The fraction of sp³-hybridized carbons (Fsp3) is 0.571. The van der Waals surface area contributed by atoms with Crippen LogP contribution in [-0.2, 0) is 4.79 Å². The molecular formula is C14H19N5O2. The lowest BCUT2D eigenvalue weighted by Crippen LogP contribution is -2.50. The molecule has 0 bridgehead atoms. The Morgan fingerprint density at radius 1 is 1.57 bits per heavy atom. The van der Waals surface area contributed by atoms with Gasteiger partial charge in [-0.3, -0.25) is 0 Å². The number of hydrogen-bond donors (Lipinski definition) is 2. The van der Waals surface area contributed by atoms with Crippen molar-refractivity contribution in [2.75, 3.05) is 5.32 Å². The Labute approximate surface area is 122 Å². The summed E-state index contributed by atoms with van der Waals surface area (Å²) in [6, 6.07) is 1.81. The molecule has 0 aromatic carbocycles. The van der Waals surface area contributed by atoms with Crippen LogP contribution < -0.4 is 5.32 Å². The van der Waals surface area contributed by atoms with Crippen molar-refractivity contribution in [3.05, 3.63) is 18.1 Å². The average molecular weight is 289 g/mol. The molecule has 0 saturated heterocycles. The maximum Gasteiger partial charge on any atom is 0.329 e. The molecule has 112 valence electrons. The summed E-state index contributed by atoms with van der Waals surface area (Å²) < 4.78 is 1.55. The quantitative estimate of drug-likeness (QED) is 0.896.